The molecule has 0 saturated carbocycles. The first-order chi connectivity index (χ1) is 13.5. The van der Waals surface area contributed by atoms with Crippen LogP contribution in [0, 0.1) is 6.92 Å². The Bertz CT molecular complexity index is 1210. The average molecular weight is 376 g/mol. The number of aromatic hydroxyl groups is 1. The monoisotopic (exact) mass is 376 g/mol. The Kier molecular flexibility index (Phi) is 4.49. The Balaban J connectivity index is 1.89. The van der Waals surface area contributed by atoms with Crippen molar-refractivity contribution in [1.82, 2.24) is 9.78 Å². The van der Waals surface area contributed by atoms with Crippen LogP contribution in [0.4, 0.5) is 0 Å². The van der Waals surface area contributed by atoms with Crippen LogP contribution < -0.4 is 10.3 Å². The van der Waals surface area contributed by atoms with Crippen molar-refractivity contribution in [3.8, 4) is 22.6 Å². The lowest BCUT2D eigenvalue weighted by Crippen LogP contribution is -3.04. The summed E-state index contributed by atoms with van der Waals surface area (Å²) in [5.41, 5.74) is 3.07. The molecule has 6 nitrogen and oxygen atoms in total. The minimum Gasteiger partial charge on any atom is -0.507 e. The summed E-state index contributed by atoms with van der Waals surface area (Å²) in [5.74, 6) is 0.645. The number of aryl methyl sites for hydroxylation is 1. The van der Waals surface area contributed by atoms with Gasteiger partial charge < -0.3 is 14.4 Å². The zero-order chi connectivity index (χ0) is 19.8. The van der Waals surface area contributed by atoms with E-state index >= 15 is 0 Å². The van der Waals surface area contributed by atoms with Gasteiger partial charge in [-0.05, 0) is 31.2 Å². The lowest BCUT2D eigenvalue weighted by atomic mass is 10.0. The van der Waals surface area contributed by atoms with Gasteiger partial charge in [0, 0.05) is 11.8 Å². The molecule has 2 aromatic carbocycles. The lowest BCUT2D eigenvalue weighted by Gasteiger charge is -2.12. The molecule has 0 aliphatic rings. The molecule has 28 heavy (non-hydrogen) atoms. The molecule has 0 aliphatic carbocycles. The topological polar surface area (TPSA) is 72.7 Å². The van der Waals surface area contributed by atoms with Gasteiger partial charge in [-0.3, -0.25) is 4.79 Å². The summed E-state index contributed by atoms with van der Waals surface area (Å²) in [6, 6.07) is 12.9. The molecule has 4 aromatic rings. The molecule has 0 spiro atoms. The van der Waals surface area contributed by atoms with Crippen LogP contribution in [0.15, 0.2) is 64.1 Å². The molecular weight excluding hydrogens is 354 g/mol. The number of fused-ring (bicyclic) bond motifs is 1. The maximum atomic E-state index is 13.3. The molecule has 142 valence electrons. The Hall–Kier alpha value is -3.38. The molecule has 0 fully saturated rings. The van der Waals surface area contributed by atoms with E-state index in [4.69, 9.17) is 4.42 Å². The first-order valence-electron chi connectivity index (χ1n) is 9.13. The number of hydrogen-bond donors (Lipinski definition) is 2. The summed E-state index contributed by atoms with van der Waals surface area (Å²) in [4.78, 5) is 14.4. The highest BCUT2D eigenvalue weighted by Crippen LogP contribution is 2.30. The molecule has 0 aliphatic heterocycles. The van der Waals surface area contributed by atoms with E-state index in [-0.39, 0.29) is 11.2 Å². The van der Waals surface area contributed by atoms with Crippen molar-refractivity contribution in [2.75, 3.05) is 14.1 Å². The van der Waals surface area contributed by atoms with E-state index in [9.17, 15) is 9.90 Å². The van der Waals surface area contributed by atoms with Crippen molar-refractivity contribution in [2.45, 2.75) is 13.5 Å². The lowest BCUT2D eigenvalue weighted by molar-refractivity contribution is -0.872. The van der Waals surface area contributed by atoms with E-state index in [2.05, 4.69) is 5.10 Å². The van der Waals surface area contributed by atoms with Gasteiger partial charge in [0.2, 0.25) is 5.43 Å². The van der Waals surface area contributed by atoms with E-state index in [0.717, 1.165) is 10.6 Å². The fraction of sp³-hybridized carbons (Fsp3) is 0.182. The van der Waals surface area contributed by atoms with Crippen molar-refractivity contribution < 1.29 is 14.4 Å². The number of para-hydroxylation sites is 1. The van der Waals surface area contributed by atoms with Crippen LogP contribution in [-0.4, -0.2) is 29.0 Å². The maximum absolute atomic E-state index is 13.3. The fourth-order valence-electron chi connectivity index (χ4n) is 3.44. The number of nitrogens with zero attached hydrogens (tertiary/aromatic N) is 2. The largest absolute Gasteiger partial charge is 0.507 e. The van der Waals surface area contributed by atoms with Crippen molar-refractivity contribution >= 4 is 11.0 Å². The van der Waals surface area contributed by atoms with Gasteiger partial charge in [0.25, 0.3) is 0 Å². The van der Waals surface area contributed by atoms with Crippen molar-refractivity contribution in [1.29, 1.82) is 0 Å². The quantitative estimate of drug-likeness (QED) is 0.573. The van der Waals surface area contributed by atoms with Gasteiger partial charge in [-0.1, -0.05) is 18.2 Å². The predicted molar refractivity (Wildman–Crippen MR) is 108 cm³/mol. The molecule has 0 amide bonds. The van der Waals surface area contributed by atoms with Crippen molar-refractivity contribution in [2.24, 2.45) is 0 Å². The van der Waals surface area contributed by atoms with Crippen LogP contribution in [0.1, 0.15) is 11.3 Å². The molecule has 4 rings (SSSR count). The molecule has 6 heteroatoms. The van der Waals surface area contributed by atoms with Gasteiger partial charge >= 0.3 is 0 Å². The Morgan fingerprint density at radius 2 is 1.89 bits per heavy atom. The van der Waals surface area contributed by atoms with Gasteiger partial charge in [-0.25, -0.2) is 4.68 Å². The third kappa shape index (κ3) is 3.08. The Morgan fingerprint density at radius 1 is 1.14 bits per heavy atom. The number of quaternary nitrogens is 1. The number of aromatic nitrogens is 2. The van der Waals surface area contributed by atoms with E-state index in [1.807, 2.05) is 50.6 Å². The average Bonchev–Trinajstić information content (AvgIpc) is 3.14. The molecule has 0 saturated heterocycles. The second-order valence-electron chi connectivity index (χ2n) is 7.20. The fourth-order valence-corrected chi connectivity index (χ4v) is 3.44. The number of benzene rings is 2. The zero-order valence-electron chi connectivity index (χ0n) is 16.1. The van der Waals surface area contributed by atoms with E-state index in [1.54, 1.807) is 29.9 Å². The Labute approximate surface area is 162 Å². The number of phenolic OH excluding ortho intramolecular Hbond substituents is 1. The molecule has 2 aromatic heterocycles. The molecular formula is C22H22N3O3+. The van der Waals surface area contributed by atoms with Crippen LogP contribution in [-0.2, 0) is 6.54 Å². The van der Waals surface area contributed by atoms with Gasteiger partial charge in [-0.15, -0.1) is 0 Å². The maximum Gasteiger partial charge on any atom is 0.200 e. The minimum atomic E-state index is -0.124. The predicted octanol–water partition coefficient (Wildman–Crippen LogP) is 2.30. The van der Waals surface area contributed by atoms with Crippen LogP contribution in [0.5, 0.6) is 5.75 Å². The highest BCUT2D eigenvalue weighted by Gasteiger charge is 2.20. The van der Waals surface area contributed by atoms with Crippen LogP contribution >= 0.6 is 0 Å². The number of nitrogens with one attached hydrogen (secondary N) is 1. The summed E-state index contributed by atoms with van der Waals surface area (Å²) in [7, 11) is 3.96. The summed E-state index contributed by atoms with van der Waals surface area (Å²) < 4.78 is 7.78. The molecule has 2 heterocycles. The molecule has 0 atom stereocenters. The van der Waals surface area contributed by atoms with E-state index < -0.39 is 0 Å². The van der Waals surface area contributed by atoms with E-state index in [1.165, 1.54) is 0 Å². The van der Waals surface area contributed by atoms with Crippen LogP contribution in [0.3, 0.4) is 0 Å². The molecule has 0 bridgehead atoms. The van der Waals surface area contributed by atoms with E-state index in [0.29, 0.717) is 40.0 Å². The third-order valence-corrected chi connectivity index (χ3v) is 4.74. The first kappa shape index (κ1) is 18.0. The van der Waals surface area contributed by atoms with Crippen molar-refractivity contribution in [3.63, 3.8) is 0 Å². The van der Waals surface area contributed by atoms with Gasteiger partial charge in [-0.2, -0.15) is 5.10 Å². The molecule has 0 radical (unpaired) electrons. The number of phenols is 1. The SMILES string of the molecule is Cc1oc2c(C[NH+](C)C)c(O)ccc2c(=O)c1-c1cnn(-c2ccccc2)c1. The first-order valence-corrected chi connectivity index (χ1v) is 9.13. The standard InChI is InChI=1S/C22H21N3O3/c1-14-20(15-11-23-25(12-15)16-7-5-4-6-8-16)21(27)17-9-10-19(26)18(13-24(2)3)22(17)28-14/h4-12,26H,13H2,1-3H3/p+1. The third-order valence-electron chi connectivity index (χ3n) is 4.74. The Morgan fingerprint density at radius 3 is 2.61 bits per heavy atom. The summed E-state index contributed by atoms with van der Waals surface area (Å²) >= 11 is 0. The van der Waals surface area contributed by atoms with Gasteiger partial charge in [0.1, 0.15) is 18.1 Å². The second kappa shape index (κ2) is 6.98. The number of hydrogen-bond acceptors (Lipinski definition) is 4. The second-order valence-corrected chi connectivity index (χ2v) is 7.20. The van der Waals surface area contributed by atoms with Gasteiger partial charge in [0.05, 0.1) is 42.5 Å². The molecule has 0 unspecified atom stereocenters. The number of rotatable bonds is 4. The van der Waals surface area contributed by atoms with Gasteiger partial charge in [0.15, 0.2) is 5.58 Å². The smallest absolute Gasteiger partial charge is 0.200 e. The highest BCUT2D eigenvalue weighted by atomic mass is 16.3. The van der Waals surface area contributed by atoms with Crippen LogP contribution in [0.25, 0.3) is 27.8 Å². The minimum absolute atomic E-state index is 0.124. The highest BCUT2D eigenvalue weighted by molar-refractivity contribution is 5.86. The zero-order valence-corrected chi connectivity index (χ0v) is 16.1. The summed E-state index contributed by atoms with van der Waals surface area (Å²) in [5, 5.41) is 15.1. The van der Waals surface area contributed by atoms with Crippen LogP contribution in [0.2, 0.25) is 0 Å². The van der Waals surface area contributed by atoms with Crippen molar-refractivity contribution in [3.05, 3.63) is 76.4 Å². The summed E-state index contributed by atoms with van der Waals surface area (Å²) in [6.07, 6.45) is 3.50. The molecule has 2 N–H and O–H groups in total. The summed E-state index contributed by atoms with van der Waals surface area (Å²) in [6.45, 7) is 2.32. The normalized spacial score (nSPS) is 11.4.